The van der Waals surface area contributed by atoms with E-state index < -0.39 is 0 Å². The summed E-state index contributed by atoms with van der Waals surface area (Å²) in [6.07, 6.45) is 1.92. The standard InChI is InChI=1S/C15H27N3O/c1-7-8-18(15(4,5)6)11-14-9-13(17-19-14)10-16-12(2)3/h7,9,12,16H,1,8,10-11H2,2-6H3. The molecule has 0 aromatic carbocycles. The number of rotatable bonds is 7. The molecule has 0 fully saturated rings. The van der Waals surface area contributed by atoms with Gasteiger partial charge in [0.25, 0.3) is 0 Å². The Balaban J connectivity index is 2.62. The lowest BCUT2D eigenvalue weighted by molar-refractivity contribution is 0.130. The minimum absolute atomic E-state index is 0.0807. The first-order valence-electron chi connectivity index (χ1n) is 6.86. The molecule has 4 heteroatoms. The van der Waals surface area contributed by atoms with Crippen LogP contribution in [0.1, 0.15) is 46.1 Å². The van der Waals surface area contributed by atoms with Crippen LogP contribution in [-0.4, -0.2) is 28.2 Å². The lowest BCUT2D eigenvalue weighted by atomic mass is 10.1. The zero-order valence-corrected chi connectivity index (χ0v) is 12.9. The van der Waals surface area contributed by atoms with Crippen LogP contribution in [0.4, 0.5) is 0 Å². The van der Waals surface area contributed by atoms with Crippen LogP contribution in [0.2, 0.25) is 0 Å². The molecular formula is C15H27N3O. The third-order valence-electron chi connectivity index (χ3n) is 2.94. The highest BCUT2D eigenvalue weighted by molar-refractivity contribution is 5.06. The zero-order valence-electron chi connectivity index (χ0n) is 12.9. The SMILES string of the molecule is C=CCN(Cc1cc(CNC(C)C)no1)C(C)(C)C. The molecule has 0 radical (unpaired) electrons. The molecule has 0 aliphatic heterocycles. The quantitative estimate of drug-likeness (QED) is 0.770. The van der Waals surface area contributed by atoms with Crippen molar-refractivity contribution in [1.82, 2.24) is 15.4 Å². The van der Waals surface area contributed by atoms with Gasteiger partial charge in [-0.05, 0) is 20.8 Å². The van der Waals surface area contributed by atoms with Crippen molar-refractivity contribution in [3.05, 3.63) is 30.2 Å². The second-order valence-corrected chi connectivity index (χ2v) is 6.16. The van der Waals surface area contributed by atoms with E-state index in [-0.39, 0.29) is 5.54 Å². The minimum Gasteiger partial charge on any atom is -0.360 e. The van der Waals surface area contributed by atoms with Crippen LogP contribution >= 0.6 is 0 Å². The number of hydrogen-bond acceptors (Lipinski definition) is 4. The topological polar surface area (TPSA) is 41.3 Å². The van der Waals surface area contributed by atoms with Crippen molar-refractivity contribution < 1.29 is 4.52 Å². The normalized spacial score (nSPS) is 12.4. The third-order valence-corrected chi connectivity index (χ3v) is 2.94. The summed E-state index contributed by atoms with van der Waals surface area (Å²) in [5.74, 6) is 0.900. The molecule has 0 spiro atoms. The Kier molecular flexibility index (Phi) is 5.76. The van der Waals surface area contributed by atoms with Crippen molar-refractivity contribution in [3.8, 4) is 0 Å². The molecule has 1 aromatic heterocycles. The fourth-order valence-corrected chi connectivity index (χ4v) is 1.74. The molecule has 1 N–H and O–H groups in total. The van der Waals surface area contributed by atoms with Crippen LogP contribution in [0, 0.1) is 0 Å². The number of aromatic nitrogens is 1. The van der Waals surface area contributed by atoms with E-state index in [2.05, 4.69) is 56.6 Å². The predicted octanol–water partition coefficient (Wildman–Crippen LogP) is 2.96. The van der Waals surface area contributed by atoms with E-state index in [9.17, 15) is 0 Å². The van der Waals surface area contributed by atoms with E-state index in [1.807, 2.05) is 12.1 Å². The number of nitrogens with one attached hydrogen (secondary N) is 1. The molecule has 0 bridgehead atoms. The summed E-state index contributed by atoms with van der Waals surface area (Å²) in [5.41, 5.74) is 1.04. The van der Waals surface area contributed by atoms with Crippen LogP contribution in [0.15, 0.2) is 23.2 Å². The van der Waals surface area contributed by atoms with E-state index >= 15 is 0 Å². The average molecular weight is 265 g/mol. The van der Waals surface area contributed by atoms with Gasteiger partial charge in [0.05, 0.1) is 12.2 Å². The van der Waals surface area contributed by atoms with E-state index in [0.717, 1.165) is 31.1 Å². The smallest absolute Gasteiger partial charge is 0.151 e. The molecule has 108 valence electrons. The van der Waals surface area contributed by atoms with Gasteiger partial charge in [-0.2, -0.15) is 0 Å². The van der Waals surface area contributed by atoms with Crippen LogP contribution < -0.4 is 5.32 Å². The fourth-order valence-electron chi connectivity index (χ4n) is 1.74. The van der Waals surface area contributed by atoms with Gasteiger partial charge in [0.15, 0.2) is 5.76 Å². The van der Waals surface area contributed by atoms with E-state index in [1.54, 1.807) is 0 Å². The molecule has 0 saturated heterocycles. The maximum Gasteiger partial charge on any atom is 0.151 e. The molecule has 0 aliphatic rings. The van der Waals surface area contributed by atoms with Crippen molar-refractivity contribution in [2.24, 2.45) is 0 Å². The van der Waals surface area contributed by atoms with Crippen LogP contribution in [0.25, 0.3) is 0 Å². The fraction of sp³-hybridized carbons (Fsp3) is 0.667. The molecule has 0 unspecified atom stereocenters. The lowest BCUT2D eigenvalue weighted by Crippen LogP contribution is -2.40. The van der Waals surface area contributed by atoms with E-state index in [0.29, 0.717) is 6.04 Å². The van der Waals surface area contributed by atoms with Gasteiger partial charge < -0.3 is 9.84 Å². The average Bonchev–Trinajstić information content (AvgIpc) is 2.72. The summed E-state index contributed by atoms with van der Waals surface area (Å²) in [6.45, 7) is 17.0. The largest absolute Gasteiger partial charge is 0.360 e. The van der Waals surface area contributed by atoms with E-state index in [4.69, 9.17) is 4.52 Å². The molecule has 1 aromatic rings. The van der Waals surface area contributed by atoms with Gasteiger partial charge in [-0.1, -0.05) is 25.1 Å². The van der Waals surface area contributed by atoms with Gasteiger partial charge in [0, 0.05) is 30.7 Å². The summed E-state index contributed by atoms with van der Waals surface area (Å²) in [4.78, 5) is 2.31. The summed E-state index contributed by atoms with van der Waals surface area (Å²) >= 11 is 0. The molecule has 1 rings (SSSR count). The van der Waals surface area contributed by atoms with Gasteiger partial charge in [-0.3, -0.25) is 4.90 Å². The van der Waals surface area contributed by atoms with Crippen LogP contribution in [-0.2, 0) is 13.1 Å². The summed E-state index contributed by atoms with van der Waals surface area (Å²) in [6, 6.07) is 2.48. The molecule has 0 aliphatic carbocycles. The molecule has 4 nitrogen and oxygen atoms in total. The Morgan fingerprint density at radius 1 is 1.47 bits per heavy atom. The van der Waals surface area contributed by atoms with Crippen molar-refractivity contribution in [2.45, 2.75) is 59.3 Å². The molecule has 1 heterocycles. The first-order valence-corrected chi connectivity index (χ1v) is 6.86. The van der Waals surface area contributed by atoms with Gasteiger partial charge >= 0.3 is 0 Å². The van der Waals surface area contributed by atoms with Crippen LogP contribution in [0.3, 0.4) is 0 Å². The maximum atomic E-state index is 5.40. The second-order valence-electron chi connectivity index (χ2n) is 6.16. The first-order chi connectivity index (χ1) is 8.82. The Morgan fingerprint density at radius 3 is 2.68 bits per heavy atom. The highest BCUT2D eigenvalue weighted by atomic mass is 16.5. The van der Waals surface area contributed by atoms with E-state index in [1.165, 1.54) is 0 Å². The minimum atomic E-state index is 0.0807. The Labute approximate surface area is 116 Å². The zero-order chi connectivity index (χ0) is 14.5. The third kappa shape index (κ3) is 5.57. The molecule has 0 amide bonds. The number of nitrogens with zero attached hydrogens (tertiary/aromatic N) is 2. The Hall–Kier alpha value is -1.13. The molecular weight excluding hydrogens is 238 g/mol. The summed E-state index contributed by atoms with van der Waals surface area (Å²) in [5, 5.41) is 7.42. The molecule has 0 atom stereocenters. The number of hydrogen-bond donors (Lipinski definition) is 1. The Bertz CT molecular complexity index is 390. The predicted molar refractivity (Wildman–Crippen MR) is 78.8 cm³/mol. The Morgan fingerprint density at radius 2 is 2.16 bits per heavy atom. The molecule has 0 saturated carbocycles. The highest BCUT2D eigenvalue weighted by Gasteiger charge is 2.21. The highest BCUT2D eigenvalue weighted by Crippen LogP contribution is 2.17. The van der Waals surface area contributed by atoms with Crippen LogP contribution in [0.5, 0.6) is 0 Å². The van der Waals surface area contributed by atoms with Gasteiger partial charge in [0.2, 0.25) is 0 Å². The van der Waals surface area contributed by atoms with Gasteiger partial charge in [-0.25, -0.2) is 0 Å². The maximum absolute atomic E-state index is 5.40. The summed E-state index contributed by atoms with van der Waals surface area (Å²) < 4.78 is 5.40. The first kappa shape index (κ1) is 15.9. The van der Waals surface area contributed by atoms with Gasteiger partial charge in [-0.15, -0.1) is 6.58 Å². The van der Waals surface area contributed by atoms with Crippen molar-refractivity contribution in [3.63, 3.8) is 0 Å². The monoisotopic (exact) mass is 265 g/mol. The second kappa shape index (κ2) is 6.87. The van der Waals surface area contributed by atoms with Gasteiger partial charge in [0.1, 0.15) is 0 Å². The van der Waals surface area contributed by atoms with Crippen molar-refractivity contribution in [2.75, 3.05) is 6.54 Å². The molecule has 19 heavy (non-hydrogen) atoms. The van der Waals surface area contributed by atoms with Crippen molar-refractivity contribution in [1.29, 1.82) is 0 Å². The summed E-state index contributed by atoms with van der Waals surface area (Å²) in [7, 11) is 0. The van der Waals surface area contributed by atoms with Crippen molar-refractivity contribution >= 4 is 0 Å². The lowest BCUT2D eigenvalue weighted by Gasteiger charge is -2.33.